The number of nitrogens with zero attached hydrogens (tertiary/aromatic N) is 3. The third-order valence-corrected chi connectivity index (χ3v) is 4.00. The molecule has 1 fully saturated rings. The van der Waals surface area contributed by atoms with Crippen molar-refractivity contribution in [3.05, 3.63) is 34.7 Å². The number of aryl methyl sites for hydroxylation is 1. The van der Waals surface area contributed by atoms with E-state index >= 15 is 0 Å². The lowest BCUT2D eigenvalue weighted by molar-refractivity contribution is -0.132. The van der Waals surface area contributed by atoms with Gasteiger partial charge in [0.15, 0.2) is 0 Å². The molecule has 1 aromatic carbocycles. The molecule has 1 N–H and O–H groups in total. The van der Waals surface area contributed by atoms with Crippen LogP contribution in [0, 0.1) is 0 Å². The van der Waals surface area contributed by atoms with Crippen LogP contribution in [0.1, 0.15) is 6.92 Å². The molecule has 0 radical (unpaired) electrons. The molecule has 2 aromatic rings. The van der Waals surface area contributed by atoms with E-state index in [0.717, 1.165) is 24.1 Å². The fourth-order valence-electron chi connectivity index (χ4n) is 2.88. The molecule has 1 aliphatic heterocycles. The number of carbonyl (C=O) groups is 1. The van der Waals surface area contributed by atoms with E-state index in [1.54, 1.807) is 9.13 Å². The maximum Gasteiger partial charge on any atom is 0.329 e. The van der Waals surface area contributed by atoms with E-state index in [2.05, 4.69) is 5.32 Å². The highest BCUT2D eigenvalue weighted by atomic mass is 16.2. The molecule has 0 aliphatic carbocycles. The van der Waals surface area contributed by atoms with Gasteiger partial charge in [0.2, 0.25) is 5.91 Å². The summed E-state index contributed by atoms with van der Waals surface area (Å²) >= 11 is 0. The van der Waals surface area contributed by atoms with Crippen molar-refractivity contribution in [1.82, 2.24) is 19.4 Å². The molecule has 0 atom stereocenters. The molecular weight excluding hydrogens is 268 g/mol. The lowest BCUT2D eigenvalue weighted by atomic mass is 10.3. The lowest BCUT2D eigenvalue weighted by Gasteiger charge is -2.27. The van der Waals surface area contributed by atoms with E-state index in [-0.39, 0.29) is 18.1 Å². The second-order valence-electron chi connectivity index (χ2n) is 5.23. The number of benzene rings is 1. The molecule has 6 nitrogen and oxygen atoms in total. The van der Waals surface area contributed by atoms with Crippen LogP contribution < -0.4 is 11.0 Å². The first-order valence-electron chi connectivity index (χ1n) is 7.39. The van der Waals surface area contributed by atoms with Gasteiger partial charge in [0.1, 0.15) is 6.54 Å². The van der Waals surface area contributed by atoms with Crippen molar-refractivity contribution in [2.24, 2.45) is 0 Å². The van der Waals surface area contributed by atoms with Crippen LogP contribution in [0.25, 0.3) is 11.0 Å². The second kappa shape index (κ2) is 5.73. The first-order chi connectivity index (χ1) is 10.2. The normalized spacial score (nSPS) is 15.6. The topological polar surface area (TPSA) is 59.3 Å². The smallest absolute Gasteiger partial charge is 0.329 e. The lowest BCUT2D eigenvalue weighted by Crippen LogP contribution is -2.48. The minimum absolute atomic E-state index is 0.0117. The molecule has 1 aliphatic rings. The van der Waals surface area contributed by atoms with E-state index in [1.807, 2.05) is 36.1 Å². The number of para-hydroxylation sites is 2. The fraction of sp³-hybridized carbons (Fsp3) is 0.467. The highest BCUT2D eigenvalue weighted by Gasteiger charge is 2.19. The van der Waals surface area contributed by atoms with Crippen molar-refractivity contribution in [2.45, 2.75) is 20.0 Å². The Bertz CT molecular complexity index is 710. The fourth-order valence-corrected chi connectivity index (χ4v) is 2.88. The van der Waals surface area contributed by atoms with Crippen LogP contribution in [0.15, 0.2) is 29.1 Å². The Kier molecular flexibility index (Phi) is 3.79. The Morgan fingerprint density at radius 1 is 1.14 bits per heavy atom. The quantitative estimate of drug-likeness (QED) is 0.881. The summed E-state index contributed by atoms with van der Waals surface area (Å²) in [6.07, 6.45) is 0. The van der Waals surface area contributed by atoms with Gasteiger partial charge in [-0.1, -0.05) is 12.1 Å². The molecule has 0 bridgehead atoms. The molecule has 3 rings (SSSR count). The van der Waals surface area contributed by atoms with Gasteiger partial charge < -0.3 is 10.2 Å². The monoisotopic (exact) mass is 288 g/mol. The number of hydrogen-bond acceptors (Lipinski definition) is 3. The summed E-state index contributed by atoms with van der Waals surface area (Å²) in [5.41, 5.74) is 1.60. The van der Waals surface area contributed by atoms with Gasteiger partial charge in [0, 0.05) is 32.7 Å². The highest BCUT2D eigenvalue weighted by Crippen LogP contribution is 2.13. The Morgan fingerprint density at radius 2 is 1.76 bits per heavy atom. The predicted molar refractivity (Wildman–Crippen MR) is 81.3 cm³/mol. The van der Waals surface area contributed by atoms with Crippen molar-refractivity contribution in [2.75, 3.05) is 26.2 Å². The maximum absolute atomic E-state index is 12.5. The molecule has 0 unspecified atom stereocenters. The van der Waals surface area contributed by atoms with Gasteiger partial charge >= 0.3 is 5.69 Å². The largest absolute Gasteiger partial charge is 0.339 e. The number of amides is 1. The summed E-state index contributed by atoms with van der Waals surface area (Å²) in [6.45, 7) is 5.71. The first-order valence-corrected chi connectivity index (χ1v) is 7.39. The molecule has 1 saturated heterocycles. The molecule has 6 heteroatoms. The van der Waals surface area contributed by atoms with Crippen molar-refractivity contribution >= 4 is 16.9 Å². The summed E-state index contributed by atoms with van der Waals surface area (Å²) in [5.74, 6) is 0.0117. The Balaban J connectivity index is 1.95. The third kappa shape index (κ3) is 2.47. The summed E-state index contributed by atoms with van der Waals surface area (Å²) in [5, 5.41) is 3.22. The number of hydrogen-bond donors (Lipinski definition) is 1. The number of piperazine rings is 1. The van der Waals surface area contributed by atoms with Crippen LogP contribution >= 0.6 is 0 Å². The standard InChI is InChI=1S/C15H20N4O2/c1-2-18-12-5-3-4-6-13(12)19(15(18)21)11-14(20)17-9-7-16-8-10-17/h3-6,16H,2,7-11H2,1H3. The first kappa shape index (κ1) is 13.9. The van der Waals surface area contributed by atoms with E-state index in [4.69, 9.17) is 0 Å². The average molecular weight is 288 g/mol. The van der Waals surface area contributed by atoms with Crippen molar-refractivity contribution in [1.29, 1.82) is 0 Å². The van der Waals surface area contributed by atoms with Crippen molar-refractivity contribution in [3.8, 4) is 0 Å². The second-order valence-corrected chi connectivity index (χ2v) is 5.23. The summed E-state index contributed by atoms with van der Waals surface area (Å²) in [7, 11) is 0. The minimum atomic E-state index is -0.109. The van der Waals surface area contributed by atoms with E-state index in [0.29, 0.717) is 19.6 Å². The van der Waals surface area contributed by atoms with Crippen molar-refractivity contribution in [3.63, 3.8) is 0 Å². The van der Waals surface area contributed by atoms with Crippen LogP contribution in [0.5, 0.6) is 0 Å². The average Bonchev–Trinajstić information content (AvgIpc) is 2.80. The molecule has 112 valence electrons. The molecular formula is C15H20N4O2. The van der Waals surface area contributed by atoms with Crippen LogP contribution in [0.3, 0.4) is 0 Å². The van der Waals surface area contributed by atoms with Gasteiger partial charge in [-0.3, -0.25) is 13.9 Å². The van der Waals surface area contributed by atoms with Crippen LogP contribution in [-0.2, 0) is 17.9 Å². The number of rotatable bonds is 3. The molecule has 0 saturated carbocycles. The number of fused-ring (bicyclic) bond motifs is 1. The van der Waals surface area contributed by atoms with Gasteiger partial charge in [-0.2, -0.15) is 0 Å². The number of nitrogens with one attached hydrogen (secondary N) is 1. The zero-order chi connectivity index (χ0) is 14.8. The van der Waals surface area contributed by atoms with Crippen LogP contribution in [0.4, 0.5) is 0 Å². The number of imidazole rings is 1. The SMILES string of the molecule is CCn1c(=O)n(CC(=O)N2CCNCC2)c2ccccc21. The van der Waals surface area contributed by atoms with Gasteiger partial charge in [-0.15, -0.1) is 0 Å². The van der Waals surface area contributed by atoms with Gasteiger partial charge in [0.05, 0.1) is 11.0 Å². The van der Waals surface area contributed by atoms with Crippen LogP contribution in [-0.4, -0.2) is 46.1 Å². The predicted octanol–water partition coefficient (Wildman–Crippen LogP) is 0.255. The van der Waals surface area contributed by atoms with E-state index < -0.39 is 0 Å². The third-order valence-electron chi connectivity index (χ3n) is 4.00. The highest BCUT2D eigenvalue weighted by molar-refractivity contribution is 5.81. The maximum atomic E-state index is 12.5. The summed E-state index contributed by atoms with van der Waals surface area (Å²) in [4.78, 5) is 26.7. The Labute approximate surface area is 123 Å². The zero-order valence-electron chi connectivity index (χ0n) is 12.2. The molecule has 0 spiro atoms. The van der Waals surface area contributed by atoms with Gasteiger partial charge in [-0.25, -0.2) is 4.79 Å². The van der Waals surface area contributed by atoms with Crippen LogP contribution in [0.2, 0.25) is 0 Å². The molecule has 1 aromatic heterocycles. The zero-order valence-corrected chi connectivity index (χ0v) is 12.2. The van der Waals surface area contributed by atoms with Gasteiger partial charge in [-0.05, 0) is 19.1 Å². The Morgan fingerprint density at radius 3 is 2.38 bits per heavy atom. The molecule has 2 heterocycles. The molecule has 1 amide bonds. The van der Waals surface area contributed by atoms with E-state index in [1.165, 1.54) is 0 Å². The summed E-state index contributed by atoms with van der Waals surface area (Å²) in [6, 6.07) is 7.63. The number of aromatic nitrogens is 2. The van der Waals surface area contributed by atoms with Gasteiger partial charge in [0.25, 0.3) is 0 Å². The van der Waals surface area contributed by atoms with E-state index in [9.17, 15) is 9.59 Å². The summed E-state index contributed by atoms with van der Waals surface area (Å²) < 4.78 is 3.30. The Hall–Kier alpha value is -2.08. The minimum Gasteiger partial charge on any atom is -0.339 e. The van der Waals surface area contributed by atoms with Crippen molar-refractivity contribution < 1.29 is 4.79 Å². The number of carbonyl (C=O) groups excluding carboxylic acids is 1. The molecule has 21 heavy (non-hydrogen) atoms.